The van der Waals surface area contributed by atoms with Crippen molar-refractivity contribution in [2.45, 2.75) is 45.0 Å². The number of nitrogens with two attached hydrogens (primary N) is 1. The number of carbonyl (C=O) groups excluding carboxylic acids is 1. The molecular weight excluding hydrogens is 612 g/mol. The molecule has 46 heavy (non-hydrogen) atoms. The van der Waals surface area contributed by atoms with E-state index in [9.17, 15) is 29.6 Å². The summed E-state index contributed by atoms with van der Waals surface area (Å²) < 4.78 is 38.7. The maximum atomic E-state index is 12.5. The van der Waals surface area contributed by atoms with E-state index >= 15 is 0 Å². The number of ether oxygens (including phenoxy) is 7. The van der Waals surface area contributed by atoms with Gasteiger partial charge in [0.05, 0.1) is 75.5 Å². The molecule has 1 aromatic carbocycles. The smallest absolute Gasteiger partial charge is 0.429 e. The molecule has 0 radical (unpaired) electrons. The first kappa shape index (κ1) is 38.2. The van der Waals surface area contributed by atoms with E-state index in [1.807, 2.05) is 0 Å². The summed E-state index contributed by atoms with van der Waals surface area (Å²) >= 11 is 0. The van der Waals surface area contributed by atoms with E-state index in [2.05, 4.69) is 18.1 Å². The van der Waals surface area contributed by atoms with Crippen LogP contribution in [0, 0.1) is 17.0 Å². The lowest BCUT2D eigenvalue weighted by atomic mass is 10.1. The SMILES string of the molecule is C=C.Cc1cn([C@H]2C[C@@H](OC(=O)OCc3cccc(COCCOCCOCCOCCN)c3[N+](=O)[O-])C(CO)O2)c(=O)[nH]c1=O. The molecule has 1 aromatic heterocycles. The van der Waals surface area contributed by atoms with E-state index in [0.29, 0.717) is 39.6 Å². The zero-order valence-electron chi connectivity index (χ0n) is 25.8. The van der Waals surface area contributed by atoms with Crippen molar-refractivity contribution >= 4 is 11.8 Å². The average Bonchev–Trinajstić information content (AvgIpc) is 3.45. The highest BCUT2D eigenvalue weighted by Gasteiger charge is 2.39. The zero-order valence-corrected chi connectivity index (χ0v) is 25.8. The second kappa shape index (κ2) is 20.9. The molecule has 0 bridgehead atoms. The number of para-hydroxylation sites is 1. The van der Waals surface area contributed by atoms with Gasteiger partial charge < -0.3 is 44.0 Å². The van der Waals surface area contributed by atoms with Gasteiger partial charge in [0, 0.05) is 24.7 Å². The summed E-state index contributed by atoms with van der Waals surface area (Å²) in [5.74, 6) is 0. The fourth-order valence-electron chi connectivity index (χ4n) is 4.29. The Balaban J connectivity index is 0.00000361. The highest BCUT2D eigenvalue weighted by atomic mass is 16.7. The number of nitrogens with one attached hydrogen (secondary N) is 1. The number of aliphatic hydroxyl groups is 1. The number of aryl methyl sites for hydroxylation is 1. The van der Waals surface area contributed by atoms with Crippen LogP contribution in [0.15, 0.2) is 47.1 Å². The molecule has 0 saturated carbocycles. The molecule has 1 aliphatic heterocycles. The molecule has 3 atom stereocenters. The first-order chi connectivity index (χ1) is 22.2. The Hall–Kier alpha value is -3.97. The quantitative estimate of drug-likeness (QED) is 0.0634. The van der Waals surface area contributed by atoms with E-state index in [1.165, 1.54) is 25.3 Å². The summed E-state index contributed by atoms with van der Waals surface area (Å²) in [6.07, 6.45) is -2.74. The first-order valence-electron chi connectivity index (χ1n) is 14.4. The second-order valence-corrected chi connectivity index (χ2v) is 9.58. The van der Waals surface area contributed by atoms with Crippen molar-refractivity contribution in [2.75, 3.05) is 59.4 Å². The van der Waals surface area contributed by atoms with Gasteiger partial charge >= 0.3 is 11.8 Å². The van der Waals surface area contributed by atoms with Crippen molar-refractivity contribution in [3.8, 4) is 0 Å². The van der Waals surface area contributed by atoms with Crippen LogP contribution >= 0.6 is 0 Å². The van der Waals surface area contributed by atoms with E-state index in [1.54, 1.807) is 6.07 Å². The van der Waals surface area contributed by atoms with E-state index in [4.69, 9.17) is 38.9 Å². The molecule has 17 nitrogen and oxygen atoms in total. The van der Waals surface area contributed by atoms with Crippen LogP contribution in [-0.4, -0.2) is 97.3 Å². The number of hydrogen-bond acceptors (Lipinski definition) is 14. The zero-order chi connectivity index (χ0) is 33.9. The summed E-state index contributed by atoms with van der Waals surface area (Å²) in [6, 6.07) is 4.54. The van der Waals surface area contributed by atoms with Crippen LogP contribution in [0.5, 0.6) is 0 Å². The van der Waals surface area contributed by atoms with Crippen molar-refractivity contribution < 1.29 is 48.0 Å². The Labute approximate surface area is 264 Å². The number of nitro benzene ring substituents is 1. The number of nitro groups is 1. The van der Waals surface area contributed by atoms with Gasteiger partial charge in [-0.05, 0) is 19.1 Å². The monoisotopic (exact) mass is 654 g/mol. The van der Waals surface area contributed by atoms with Gasteiger partial charge in [0.1, 0.15) is 25.0 Å². The van der Waals surface area contributed by atoms with E-state index in [-0.39, 0.29) is 48.6 Å². The molecule has 1 aliphatic rings. The minimum Gasteiger partial charge on any atom is -0.429 e. The number of aromatic nitrogens is 2. The fraction of sp³-hybridized carbons (Fsp3) is 0.552. The molecule has 0 spiro atoms. The summed E-state index contributed by atoms with van der Waals surface area (Å²) in [7, 11) is 0. The molecular formula is C29H42N4O13. The van der Waals surface area contributed by atoms with Gasteiger partial charge in [0.2, 0.25) is 0 Å². The van der Waals surface area contributed by atoms with Crippen LogP contribution < -0.4 is 17.0 Å². The lowest BCUT2D eigenvalue weighted by molar-refractivity contribution is -0.386. The van der Waals surface area contributed by atoms with E-state index in [0.717, 1.165) is 4.57 Å². The first-order valence-corrected chi connectivity index (χ1v) is 14.4. The van der Waals surface area contributed by atoms with Gasteiger partial charge in [0.15, 0.2) is 0 Å². The van der Waals surface area contributed by atoms with Crippen LogP contribution in [0.1, 0.15) is 29.3 Å². The molecule has 1 saturated heterocycles. The highest BCUT2D eigenvalue weighted by molar-refractivity contribution is 5.60. The minimum absolute atomic E-state index is 0.0143. The number of carbonyl (C=O) groups is 1. The van der Waals surface area contributed by atoms with Crippen LogP contribution in [0.4, 0.5) is 10.5 Å². The predicted molar refractivity (Wildman–Crippen MR) is 162 cm³/mol. The number of aliphatic hydroxyl groups excluding tert-OH is 1. The van der Waals surface area contributed by atoms with Gasteiger partial charge in [-0.2, -0.15) is 0 Å². The van der Waals surface area contributed by atoms with Gasteiger partial charge in [-0.1, -0.05) is 6.07 Å². The lowest BCUT2D eigenvalue weighted by Gasteiger charge is -2.16. The lowest BCUT2D eigenvalue weighted by Crippen LogP contribution is -2.33. The third-order valence-electron chi connectivity index (χ3n) is 6.43. The molecule has 1 fully saturated rings. The Bertz CT molecular complexity index is 1350. The maximum absolute atomic E-state index is 12.5. The average molecular weight is 655 g/mol. The Morgan fingerprint density at radius 1 is 1.07 bits per heavy atom. The topological polar surface area (TPSA) is 226 Å². The summed E-state index contributed by atoms with van der Waals surface area (Å²) in [5, 5.41) is 21.5. The molecule has 1 unspecified atom stereocenters. The maximum Gasteiger partial charge on any atom is 0.508 e. The van der Waals surface area contributed by atoms with Crippen molar-refractivity contribution in [1.82, 2.24) is 9.55 Å². The fourth-order valence-corrected chi connectivity index (χ4v) is 4.29. The van der Waals surface area contributed by atoms with Crippen LogP contribution in [-0.2, 0) is 46.4 Å². The number of benzene rings is 1. The number of nitrogens with zero attached hydrogens (tertiary/aromatic N) is 2. The second-order valence-electron chi connectivity index (χ2n) is 9.58. The molecule has 2 heterocycles. The Morgan fingerprint density at radius 2 is 1.65 bits per heavy atom. The normalized spacial score (nSPS) is 17.2. The summed E-state index contributed by atoms with van der Waals surface area (Å²) in [5.41, 5.74) is 4.45. The predicted octanol–water partition coefficient (Wildman–Crippen LogP) is 1.08. The number of H-pyrrole nitrogens is 1. The van der Waals surface area contributed by atoms with Gasteiger partial charge in [-0.3, -0.25) is 24.5 Å². The Kier molecular flexibility index (Phi) is 17.4. The minimum atomic E-state index is -1.15. The summed E-state index contributed by atoms with van der Waals surface area (Å²) in [4.78, 5) is 49.8. The van der Waals surface area contributed by atoms with Crippen molar-refractivity contribution in [3.63, 3.8) is 0 Å². The van der Waals surface area contributed by atoms with Crippen LogP contribution in [0.2, 0.25) is 0 Å². The standard InChI is InChI=1S/C27H38N4O13.C2H4/c1-18-14-30(26(34)29-25(18)33)23-13-21(22(15-32)43-23)44-27(35)42-17-20-4-2-3-19(24(20)31(36)37)16-41-12-11-40-10-9-39-8-7-38-6-5-28;1-2/h2-4,14,21-23,32H,5-13,15-17,28H2,1H3,(H,29,33,34);1-2H2/t21-,22?,23-;/m1./s1. The van der Waals surface area contributed by atoms with E-state index < -0.39 is 54.0 Å². The van der Waals surface area contributed by atoms with Gasteiger partial charge in [0.25, 0.3) is 11.2 Å². The molecule has 0 aliphatic carbocycles. The number of aromatic amines is 1. The third kappa shape index (κ3) is 12.1. The molecule has 0 amide bonds. The van der Waals surface area contributed by atoms with Gasteiger partial charge in [-0.15, -0.1) is 13.2 Å². The van der Waals surface area contributed by atoms with Crippen molar-refractivity contribution in [3.05, 3.63) is 85.2 Å². The molecule has 3 rings (SSSR count). The number of rotatable bonds is 19. The largest absolute Gasteiger partial charge is 0.508 e. The van der Waals surface area contributed by atoms with Crippen LogP contribution in [0.3, 0.4) is 0 Å². The van der Waals surface area contributed by atoms with Gasteiger partial charge in [-0.25, -0.2) is 9.59 Å². The Morgan fingerprint density at radius 3 is 2.24 bits per heavy atom. The third-order valence-corrected chi connectivity index (χ3v) is 6.43. The molecule has 4 N–H and O–H groups in total. The van der Waals surface area contributed by atoms with Crippen LogP contribution in [0.25, 0.3) is 0 Å². The highest BCUT2D eigenvalue weighted by Crippen LogP contribution is 2.30. The van der Waals surface area contributed by atoms with Crippen molar-refractivity contribution in [1.29, 1.82) is 0 Å². The molecule has 17 heteroatoms. The van der Waals surface area contributed by atoms with Crippen molar-refractivity contribution in [2.24, 2.45) is 5.73 Å². The number of hydrogen-bond donors (Lipinski definition) is 3. The summed E-state index contributed by atoms with van der Waals surface area (Å²) in [6.45, 7) is 9.43. The molecule has 2 aromatic rings. The molecule has 256 valence electrons.